The summed E-state index contributed by atoms with van der Waals surface area (Å²) in [5.41, 5.74) is 2.88. The zero-order valence-electron chi connectivity index (χ0n) is 11.7. The number of hydrogen-bond acceptors (Lipinski definition) is 2. The molecule has 1 heterocycles. The molecule has 0 saturated heterocycles. The first-order valence-corrected chi connectivity index (χ1v) is 6.49. The van der Waals surface area contributed by atoms with Crippen molar-refractivity contribution in [2.45, 2.75) is 27.3 Å². The van der Waals surface area contributed by atoms with Gasteiger partial charge in [0.2, 0.25) is 0 Å². The minimum Gasteiger partial charge on any atom is -0.348 e. The lowest BCUT2D eigenvalue weighted by molar-refractivity contribution is 0.0951. The van der Waals surface area contributed by atoms with Crippen LogP contribution in [0.15, 0.2) is 48.8 Å². The van der Waals surface area contributed by atoms with E-state index in [9.17, 15) is 4.79 Å². The fourth-order valence-electron chi connectivity index (χ4n) is 1.49. The average Bonchev–Trinajstić information content (AvgIpc) is 2.49. The largest absolute Gasteiger partial charge is 0.348 e. The zero-order valence-corrected chi connectivity index (χ0v) is 11.7. The lowest BCUT2D eigenvalue weighted by atomic mass is 10.1. The predicted octanol–water partition coefficient (Wildman–Crippen LogP) is 3.35. The molecule has 0 bridgehead atoms. The van der Waals surface area contributed by atoms with Gasteiger partial charge in [0.05, 0.1) is 0 Å². The number of carbonyl (C=O) groups is 1. The summed E-state index contributed by atoms with van der Waals surface area (Å²) in [7, 11) is 0. The topological polar surface area (TPSA) is 42.0 Å². The highest BCUT2D eigenvalue weighted by atomic mass is 16.1. The molecule has 1 N–H and O–H groups in total. The molecule has 2 rings (SSSR count). The fourth-order valence-corrected chi connectivity index (χ4v) is 1.49. The summed E-state index contributed by atoms with van der Waals surface area (Å²) in [4.78, 5) is 15.7. The molecule has 0 aliphatic heterocycles. The Morgan fingerprint density at radius 1 is 1.05 bits per heavy atom. The van der Waals surface area contributed by atoms with Gasteiger partial charge in [0.25, 0.3) is 5.91 Å². The van der Waals surface area contributed by atoms with E-state index < -0.39 is 0 Å². The molecule has 19 heavy (non-hydrogen) atoms. The van der Waals surface area contributed by atoms with Crippen LogP contribution in [-0.4, -0.2) is 10.9 Å². The van der Waals surface area contributed by atoms with Crippen LogP contribution in [0.25, 0.3) is 0 Å². The van der Waals surface area contributed by atoms with Gasteiger partial charge in [-0.2, -0.15) is 0 Å². The Balaban J connectivity index is 0.000000861. The van der Waals surface area contributed by atoms with Crippen molar-refractivity contribution in [3.8, 4) is 0 Å². The van der Waals surface area contributed by atoms with Gasteiger partial charge < -0.3 is 5.32 Å². The van der Waals surface area contributed by atoms with E-state index >= 15 is 0 Å². The van der Waals surface area contributed by atoms with E-state index in [0.29, 0.717) is 12.1 Å². The van der Waals surface area contributed by atoms with Crippen LogP contribution in [0.4, 0.5) is 0 Å². The highest BCUT2D eigenvalue weighted by Crippen LogP contribution is 2.03. The molecule has 3 nitrogen and oxygen atoms in total. The Kier molecular flexibility index (Phi) is 6.30. The van der Waals surface area contributed by atoms with Gasteiger partial charge in [0.1, 0.15) is 0 Å². The normalized spacial score (nSPS) is 9.21. The Morgan fingerprint density at radius 2 is 1.63 bits per heavy atom. The average molecular weight is 256 g/mol. The number of rotatable bonds is 3. The zero-order chi connectivity index (χ0) is 14.1. The number of nitrogens with one attached hydrogen (secondary N) is 1. The van der Waals surface area contributed by atoms with Crippen molar-refractivity contribution >= 4 is 5.91 Å². The van der Waals surface area contributed by atoms with Crippen molar-refractivity contribution in [3.05, 3.63) is 65.5 Å². The third kappa shape index (κ3) is 4.92. The smallest absolute Gasteiger partial charge is 0.251 e. The van der Waals surface area contributed by atoms with Crippen LogP contribution in [0.2, 0.25) is 0 Å². The van der Waals surface area contributed by atoms with Crippen LogP contribution in [0.3, 0.4) is 0 Å². The number of benzene rings is 1. The Morgan fingerprint density at radius 3 is 2.21 bits per heavy atom. The van der Waals surface area contributed by atoms with Crippen LogP contribution < -0.4 is 5.32 Å². The summed E-state index contributed by atoms with van der Waals surface area (Å²) in [6, 6.07) is 11.3. The van der Waals surface area contributed by atoms with Crippen LogP contribution in [-0.2, 0) is 6.54 Å². The van der Waals surface area contributed by atoms with Crippen molar-refractivity contribution < 1.29 is 4.79 Å². The number of nitrogens with zero attached hydrogens (tertiary/aromatic N) is 1. The maximum atomic E-state index is 11.8. The molecule has 0 saturated carbocycles. The van der Waals surface area contributed by atoms with Crippen LogP contribution in [0.1, 0.15) is 35.3 Å². The summed E-state index contributed by atoms with van der Waals surface area (Å²) in [6.45, 7) is 6.52. The second kappa shape index (κ2) is 8.03. The molecule has 0 spiro atoms. The monoisotopic (exact) mass is 256 g/mol. The van der Waals surface area contributed by atoms with Gasteiger partial charge in [-0.3, -0.25) is 9.78 Å². The first-order valence-electron chi connectivity index (χ1n) is 6.49. The van der Waals surface area contributed by atoms with Crippen LogP contribution >= 0.6 is 0 Å². The Labute approximate surface area is 114 Å². The molecular formula is C16H20N2O. The quantitative estimate of drug-likeness (QED) is 0.915. The Bertz CT molecular complexity index is 492. The van der Waals surface area contributed by atoms with Crippen molar-refractivity contribution in [1.82, 2.24) is 10.3 Å². The van der Waals surface area contributed by atoms with Gasteiger partial charge in [0, 0.05) is 24.5 Å². The third-order valence-corrected chi connectivity index (χ3v) is 2.52. The van der Waals surface area contributed by atoms with E-state index in [-0.39, 0.29) is 5.91 Å². The van der Waals surface area contributed by atoms with E-state index in [1.165, 1.54) is 0 Å². The number of carbonyl (C=O) groups excluding carboxylic acids is 1. The van der Waals surface area contributed by atoms with E-state index in [4.69, 9.17) is 0 Å². The van der Waals surface area contributed by atoms with Crippen LogP contribution in [0, 0.1) is 6.92 Å². The molecule has 0 fully saturated rings. The number of aryl methyl sites for hydroxylation is 1. The van der Waals surface area contributed by atoms with E-state index in [1.807, 2.05) is 57.2 Å². The summed E-state index contributed by atoms with van der Waals surface area (Å²) in [5, 5.41) is 2.87. The van der Waals surface area contributed by atoms with E-state index in [0.717, 1.165) is 11.1 Å². The molecule has 2 aromatic rings. The molecule has 0 radical (unpaired) electrons. The number of aromatic nitrogens is 1. The molecule has 0 unspecified atom stereocenters. The van der Waals surface area contributed by atoms with Crippen molar-refractivity contribution in [2.24, 2.45) is 0 Å². The predicted molar refractivity (Wildman–Crippen MR) is 77.9 cm³/mol. The second-order valence-corrected chi connectivity index (χ2v) is 3.90. The molecule has 0 aliphatic carbocycles. The first-order chi connectivity index (χ1) is 9.25. The molecule has 1 aromatic heterocycles. The SMILES string of the molecule is CC.Cc1ccc(C(=O)NCc2ccncc2)cc1. The minimum atomic E-state index is -0.0539. The molecular weight excluding hydrogens is 236 g/mol. The van der Waals surface area contributed by atoms with Gasteiger partial charge in [-0.1, -0.05) is 31.5 Å². The van der Waals surface area contributed by atoms with Gasteiger partial charge in [-0.05, 0) is 36.8 Å². The standard InChI is InChI=1S/C14H14N2O.C2H6/c1-11-2-4-13(5-3-11)14(17)16-10-12-6-8-15-9-7-12;1-2/h2-9H,10H2,1H3,(H,16,17);1-2H3. The van der Waals surface area contributed by atoms with Gasteiger partial charge in [-0.15, -0.1) is 0 Å². The molecule has 100 valence electrons. The molecule has 3 heteroatoms. The van der Waals surface area contributed by atoms with Crippen LogP contribution in [0.5, 0.6) is 0 Å². The first kappa shape index (κ1) is 14.9. The lowest BCUT2D eigenvalue weighted by Crippen LogP contribution is -2.22. The molecule has 0 aliphatic rings. The maximum absolute atomic E-state index is 11.8. The van der Waals surface area contributed by atoms with Crippen molar-refractivity contribution in [3.63, 3.8) is 0 Å². The highest BCUT2D eigenvalue weighted by Gasteiger charge is 2.03. The molecule has 0 atom stereocenters. The maximum Gasteiger partial charge on any atom is 0.251 e. The Hall–Kier alpha value is -2.16. The van der Waals surface area contributed by atoms with Crippen molar-refractivity contribution in [2.75, 3.05) is 0 Å². The second-order valence-electron chi connectivity index (χ2n) is 3.90. The van der Waals surface area contributed by atoms with E-state index in [1.54, 1.807) is 12.4 Å². The van der Waals surface area contributed by atoms with Gasteiger partial charge in [0.15, 0.2) is 0 Å². The third-order valence-electron chi connectivity index (χ3n) is 2.52. The fraction of sp³-hybridized carbons (Fsp3) is 0.250. The van der Waals surface area contributed by atoms with Gasteiger partial charge >= 0.3 is 0 Å². The summed E-state index contributed by atoms with van der Waals surface area (Å²) >= 11 is 0. The number of pyridine rings is 1. The minimum absolute atomic E-state index is 0.0539. The number of hydrogen-bond donors (Lipinski definition) is 1. The highest BCUT2D eigenvalue weighted by molar-refractivity contribution is 5.94. The molecule has 1 aromatic carbocycles. The van der Waals surface area contributed by atoms with Gasteiger partial charge in [-0.25, -0.2) is 0 Å². The van der Waals surface area contributed by atoms with E-state index in [2.05, 4.69) is 10.3 Å². The lowest BCUT2D eigenvalue weighted by Gasteiger charge is -2.05. The molecule has 1 amide bonds. The summed E-state index contributed by atoms with van der Waals surface area (Å²) < 4.78 is 0. The number of amides is 1. The summed E-state index contributed by atoms with van der Waals surface area (Å²) in [6.07, 6.45) is 3.43. The summed E-state index contributed by atoms with van der Waals surface area (Å²) in [5.74, 6) is -0.0539. The van der Waals surface area contributed by atoms with Crippen molar-refractivity contribution in [1.29, 1.82) is 0 Å².